The number of fused-ring (bicyclic) bond motifs is 2. The highest BCUT2D eigenvalue weighted by molar-refractivity contribution is 8.00. The first-order valence-corrected chi connectivity index (χ1v) is 14.3. The molecule has 5 aromatic carbocycles. The molecule has 1 saturated heterocycles. The molecule has 1 unspecified atom stereocenters. The van der Waals surface area contributed by atoms with E-state index in [-0.39, 0.29) is 13.2 Å². The van der Waals surface area contributed by atoms with Gasteiger partial charge in [0.1, 0.15) is 24.3 Å². The fraction of sp³-hybridized carbons (Fsp3) is 0.176. The van der Waals surface area contributed by atoms with E-state index in [0.29, 0.717) is 11.1 Å². The van der Waals surface area contributed by atoms with Gasteiger partial charge in [-0.15, -0.1) is 11.8 Å². The molecule has 7 heteroatoms. The van der Waals surface area contributed by atoms with E-state index in [2.05, 4.69) is 0 Å². The third-order valence-corrected chi connectivity index (χ3v) is 8.46. The van der Waals surface area contributed by atoms with Gasteiger partial charge in [-0.05, 0) is 51.4 Å². The number of aliphatic hydroxyl groups excluding tert-OH is 1. The average molecular weight is 565 g/mol. The molecule has 1 heterocycles. The lowest BCUT2D eigenvalue weighted by Gasteiger charge is -2.25. The van der Waals surface area contributed by atoms with Gasteiger partial charge in [0.25, 0.3) is 0 Å². The normalized spacial score (nSPS) is 20.2. The van der Waals surface area contributed by atoms with E-state index in [0.717, 1.165) is 27.1 Å². The molecule has 1 N–H and O–H groups in total. The predicted molar refractivity (Wildman–Crippen MR) is 160 cm³/mol. The summed E-state index contributed by atoms with van der Waals surface area (Å²) in [5.41, 5.74) is 0.769. The van der Waals surface area contributed by atoms with Gasteiger partial charge in [0.15, 0.2) is 0 Å². The molecule has 0 saturated carbocycles. The Morgan fingerprint density at radius 1 is 0.659 bits per heavy atom. The summed E-state index contributed by atoms with van der Waals surface area (Å²) in [6.07, 6.45) is -1.66. The predicted octanol–water partition coefficient (Wildman–Crippen LogP) is 6.39. The van der Waals surface area contributed by atoms with Crippen LogP contribution in [0.3, 0.4) is 0 Å². The minimum absolute atomic E-state index is 0.0613. The lowest BCUT2D eigenvalue weighted by atomic mass is 10.1. The van der Waals surface area contributed by atoms with E-state index in [1.54, 1.807) is 24.3 Å². The van der Waals surface area contributed by atoms with E-state index in [1.807, 2.05) is 91.0 Å². The Bertz CT molecular complexity index is 1690. The zero-order valence-electron chi connectivity index (χ0n) is 22.1. The molecule has 41 heavy (non-hydrogen) atoms. The maximum atomic E-state index is 13.3. The van der Waals surface area contributed by atoms with Crippen molar-refractivity contribution < 1.29 is 28.9 Å². The van der Waals surface area contributed by atoms with Crippen molar-refractivity contribution in [3.8, 4) is 0 Å². The number of aliphatic hydroxyl groups is 1. The van der Waals surface area contributed by atoms with Crippen LogP contribution in [-0.4, -0.2) is 46.5 Å². The SMILES string of the molecule is O=C(OC[C@H]1SC(O)[C@H](OCc2ccccc2)[C@H]1OC(=O)c1ccc2ccccc2c1)c1ccc2ccccc2c1. The number of hydrogen-bond donors (Lipinski definition) is 1. The smallest absolute Gasteiger partial charge is 0.338 e. The summed E-state index contributed by atoms with van der Waals surface area (Å²) in [7, 11) is 0. The number of ether oxygens (including phenoxy) is 3. The van der Waals surface area contributed by atoms with Crippen LogP contribution in [0.5, 0.6) is 0 Å². The summed E-state index contributed by atoms with van der Waals surface area (Å²) in [4.78, 5) is 26.3. The van der Waals surface area contributed by atoms with E-state index < -0.39 is 34.8 Å². The molecule has 4 atom stereocenters. The van der Waals surface area contributed by atoms with E-state index in [1.165, 1.54) is 11.8 Å². The molecule has 0 amide bonds. The molecular formula is C34H28O6S. The Morgan fingerprint density at radius 3 is 1.85 bits per heavy atom. The number of benzene rings is 5. The van der Waals surface area contributed by atoms with Gasteiger partial charge in [-0.3, -0.25) is 0 Å². The highest BCUT2D eigenvalue weighted by atomic mass is 32.2. The van der Waals surface area contributed by atoms with Crippen LogP contribution >= 0.6 is 11.8 Å². The van der Waals surface area contributed by atoms with Crippen molar-refractivity contribution in [1.29, 1.82) is 0 Å². The molecule has 1 aliphatic rings. The van der Waals surface area contributed by atoms with Gasteiger partial charge in [0.05, 0.1) is 23.0 Å². The molecular weight excluding hydrogens is 536 g/mol. The first-order chi connectivity index (χ1) is 20.0. The van der Waals surface area contributed by atoms with Crippen LogP contribution in [0.25, 0.3) is 21.5 Å². The molecule has 1 fully saturated rings. The molecule has 6 rings (SSSR count). The fourth-order valence-corrected chi connectivity index (χ4v) is 6.25. The van der Waals surface area contributed by atoms with Crippen LogP contribution < -0.4 is 0 Å². The van der Waals surface area contributed by atoms with Gasteiger partial charge in [-0.1, -0.05) is 91.0 Å². The first kappa shape index (κ1) is 27.0. The molecule has 206 valence electrons. The van der Waals surface area contributed by atoms with Crippen LogP contribution in [0.15, 0.2) is 115 Å². The summed E-state index contributed by atoms with van der Waals surface area (Å²) in [5.74, 6) is -1.02. The zero-order chi connectivity index (χ0) is 28.2. The van der Waals surface area contributed by atoms with Crippen LogP contribution in [-0.2, 0) is 20.8 Å². The van der Waals surface area contributed by atoms with E-state index in [4.69, 9.17) is 14.2 Å². The Balaban J connectivity index is 1.20. The molecule has 0 spiro atoms. The van der Waals surface area contributed by atoms with Gasteiger partial charge >= 0.3 is 11.9 Å². The van der Waals surface area contributed by atoms with Gasteiger partial charge < -0.3 is 19.3 Å². The largest absolute Gasteiger partial charge is 0.461 e. The van der Waals surface area contributed by atoms with Gasteiger partial charge in [0, 0.05) is 0 Å². The number of carbonyl (C=O) groups excluding carboxylic acids is 2. The van der Waals surface area contributed by atoms with Gasteiger partial charge in [-0.25, -0.2) is 9.59 Å². The van der Waals surface area contributed by atoms with Crippen molar-refractivity contribution >= 4 is 45.2 Å². The topological polar surface area (TPSA) is 82.1 Å². The minimum Gasteiger partial charge on any atom is -0.461 e. The quantitative estimate of drug-likeness (QED) is 0.219. The van der Waals surface area contributed by atoms with Crippen molar-refractivity contribution in [2.24, 2.45) is 0 Å². The maximum Gasteiger partial charge on any atom is 0.338 e. The second kappa shape index (κ2) is 12.1. The second-order valence-corrected chi connectivity index (χ2v) is 11.3. The Kier molecular flexibility index (Phi) is 8.00. The molecule has 0 aliphatic carbocycles. The van der Waals surface area contributed by atoms with Crippen molar-refractivity contribution in [3.05, 3.63) is 132 Å². The first-order valence-electron chi connectivity index (χ1n) is 13.4. The number of hydrogen-bond acceptors (Lipinski definition) is 7. The molecule has 0 aromatic heterocycles. The Morgan fingerprint density at radius 2 is 1.22 bits per heavy atom. The molecule has 0 bridgehead atoms. The molecule has 1 aliphatic heterocycles. The lowest BCUT2D eigenvalue weighted by molar-refractivity contribution is -0.0821. The standard InChI is InChI=1S/C34H28O6S/c35-32(27-16-14-23-10-4-6-12-25(23)18-27)39-21-29-30(31(34(37)41-29)38-20-22-8-2-1-3-9-22)40-33(36)28-17-15-24-11-5-7-13-26(24)19-28/h1-19,29-31,34,37H,20-21H2/t29-,30+,31-,34?/m1/s1. The summed E-state index contributed by atoms with van der Waals surface area (Å²) < 4.78 is 17.8. The minimum atomic E-state index is -0.975. The van der Waals surface area contributed by atoms with E-state index >= 15 is 0 Å². The molecule has 5 aromatic rings. The van der Waals surface area contributed by atoms with Gasteiger partial charge in [-0.2, -0.15) is 0 Å². The molecule has 0 radical (unpaired) electrons. The third kappa shape index (κ3) is 6.12. The highest BCUT2D eigenvalue weighted by Gasteiger charge is 2.47. The van der Waals surface area contributed by atoms with E-state index in [9.17, 15) is 14.7 Å². The van der Waals surface area contributed by atoms with Gasteiger partial charge in [0.2, 0.25) is 0 Å². The van der Waals surface area contributed by atoms with Crippen molar-refractivity contribution in [2.75, 3.05) is 6.61 Å². The van der Waals surface area contributed by atoms with Crippen LogP contribution in [0, 0.1) is 0 Å². The fourth-order valence-electron chi connectivity index (χ4n) is 4.99. The van der Waals surface area contributed by atoms with Crippen LogP contribution in [0.2, 0.25) is 0 Å². The number of rotatable bonds is 8. The van der Waals surface area contributed by atoms with Crippen molar-refractivity contribution in [1.82, 2.24) is 0 Å². The summed E-state index contributed by atoms with van der Waals surface area (Å²) in [6.45, 7) is 0.172. The highest BCUT2D eigenvalue weighted by Crippen LogP contribution is 2.38. The number of esters is 2. The van der Waals surface area contributed by atoms with Crippen LogP contribution in [0.4, 0.5) is 0 Å². The third-order valence-electron chi connectivity index (χ3n) is 7.16. The van der Waals surface area contributed by atoms with Crippen LogP contribution in [0.1, 0.15) is 26.3 Å². The van der Waals surface area contributed by atoms with Crippen molar-refractivity contribution in [3.63, 3.8) is 0 Å². The zero-order valence-corrected chi connectivity index (χ0v) is 22.9. The Hall–Kier alpha value is -4.17. The summed E-state index contributed by atoms with van der Waals surface area (Å²) in [5, 5.41) is 14.3. The maximum absolute atomic E-state index is 13.3. The average Bonchev–Trinajstić information content (AvgIpc) is 3.31. The lowest BCUT2D eigenvalue weighted by Crippen LogP contribution is -2.40. The second-order valence-electron chi connectivity index (χ2n) is 9.92. The summed E-state index contributed by atoms with van der Waals surface area (Å²) >= 11 is 1.17. The Labute approximate surface area is 241 Å². The number of thioether (sulfide) groups is 1. The molecule has 6 nitrogen and oxygen atoms in total. The summed E-state index contributed by atoms with van der Waals surface area (Å²) in [6, 6.07) is 35.9. The monoisotopic (exact) mass is 564 g/mol. The number of carbonyl (C=O) groups is 2. The van der Waals surface area contributed by atoms with Crippen molar-refractivity contribution in [2.45, 2.75) is 29.5 Å².